The van der Waals surface area contributed by atoms with Crippen molar-refractivity contribution in [2.45, 2.75) is 45.3 Å². The van der Waals surface area contributed by atoms with E-state index in [-0.39, 0.29) is 0 Å². The molecular weight excluding hydrogens is 117 g/mol. The van der Waals surface area contributed by atoms with E-state index < -0.39 is 0 Å². The van der Waals surface area contributed by atoms with Crippen LogP contribution in [0.2, 0.25) is 5.82 Å². The van der Waals surface area contributed by atoms with E-state index in [0.29, 0.717) is 5.82 Å². The molecule has 0 amide bonds. The molecule has 1 unspecified atom stereocenters. The van der Waals surface area contributed by atoms with Crippen LogP contribution in [0.15, 0.2) is 0 Å². The molecule has 0 aliphatic heterocycles. The van der Waals surface area contributed by atoms with Crippen LogP contribution in [0, 0.1) is 0 Å². The first kappa shape index (κ1) is 10.2. The van der Waals surface area contributed by atoms with Crippen LogP contribution >= 0.6 is 0 Å². The third kappa shape index (κ3) is 6.32. The van der Waals surface area contributed by atoms with Crippen LogP contribution in [0.4, 0.5) is 0 Å². The minimum absolute atomic E-state index is 0.663. The first-order valence-corrected chi connectivity index (χ1v) is 4.19. The van der Waals surface area contributed by atoms with Gasteiger partial charge in [0.2, 0.25) is 0 Å². The standard InChI is InChI=1S/C7H15B3/c1-3-4-5-6-7(2)9-10-8/h7H,3-6H2,1-2H3. The van der Waals surface area contributed by atoms with Crippen LogP contribution in [-0.4, -0.2) is 22.0 Å². The van der Waals surface area contributed by atoms with Crippen molar-refractivity contribution in [3.05, 3.63) is 0 Å². The van der Waals surface area contributed by atoms with Crippen LogP contribution in [0.5, 0.6) is 0 Å². The molecule has 3 heteroatoms. The lowest BCUT2D eigenvalue weighted by atomic mass is 9.24. The largest absolute Gasteiger partial charge is 0.0810 e. The second-order valence-electron chi connectivity index (χ2n) is 2.86. The van der Waals surface area contributed by atoms with Crippen molar-refractivity contribution in [3.63, 3.8) is 0 Å². The Labute approximate surface area is 68.0 Å². The fourth-order valence-electron chi connectivity index (χ4n) is 1.00. The maximum Gasteiger partial charge on any atom is 0.0583 e. The molecule has 0 saturated carbocycles. The van der Waals surface area contributed by atoms with Gasteiger partial charge >= 0.3 is 0 Å². The Morgan fingerprint density at radius 1 is 1.40 bits per heavy atom. The number of rotatable bonds is 6. The third-order valence-electron chi connectivity index (χ3n) is 1.70. The summed E-state index contributed by atoms with van der Waals surface area (Å²) >= 11 is 0. The highest BCUT2D eigenvalue weighted by atomic mass is 13.9. The van der Waals surface area contributed by atoms with E-state index in [0.717, 1.165) is 0 Å². The second-order valence-corrected chi connectivity index (χ2v) is 2.86. The van der Waals surface area contributed by atoms with E-state index in [4.69, 9.17) is 7.74 Å². The van der Waals surface area contributed by atoms with Gasteiger partial charge in [0.1, 0.15) is 0 Å². The first-order valence-electron chi connectivity index (χ1n) is 4.19. The Morgan fingerprint density at radius 2 is 2.10 bits per heavy atom. The number of hydrogen-bond acceptors (Lipinski definition) is 0. The van der Waals surface area contributed by atoms with Gasteiger partial charge in [-0.05, 0) is 0 Å². The SMILES string of the molecule is [B][B][B]C(C)CCCCC. The molecule has 0 aromatic rings. The summed E-state index contributed by atoms with van der Waals surface area (Å²) in [5.74, 6) is 0.663. The molecule has 0 heterocycles. The molecule has 0 nitrogen and oxygen atoms in total. The van der Waals surface area contributed by atoms with Gasteiger partial charge in [-0.2, -0.15) is 0 Å². The van der Waals surface area contributed by atoms with Gasteiger partial charge in [-0.1, -0.05) is 45.3 Å². The van der Waals surface area contributed by atoms with Crippen LogP contribution in [0.25, 0.3) is 0 Å². The third-order valence-corrected chi connectivity index (χ3v) is 1.70. The van der Waals surface area contributed by atoms with Crippen molar-refractivity contribution in [2.75, 3.05) is 0 Å². The summed E-state index contributed by atoms with van der Waals surface area (Å²) in [5.41, 5.74) is 0. The summed E-state index contributed by atoms with van der Waals surface area (Å²) in [4.78, 5) is 0. The molecule has 0 aromatic carbocycles. The minimum atomic E-state index is 0.663. The monoisotopic (exact) mass is 132 g/mol. The zero-order valence-electron chi connectivity index (χ0n) is 7.14. The van der Waals surface area contributed by atoms with Gasteiger partial charge in [-0.3, -0.25) is 0 Å². The van der Waals surface area contributed by atoms with Gasteiger partial charge in [-0.15, -0.1) is 0 Å². The fourth-order valence-corrected chi connectivity index (χ4v) is 1.00. The molecule has 0 N–H and O–H groups in total. The summed E-state index contributed by atoms with van der Waals surface area (Å²) in [5, 5.41) is 0. The van der Waals surface area contributed by atoms with Gasteiger partial charge in [0.25, 0.3) is 0 Å². The van der Waals surface area contributed by atoms with E-state index in [1.807, 2.05) is 0 Å². The van der Waals surface area contributed by atoms with Crippen LogP contribution in [0.1, 0.15) is 39.5 Å². The summed E-state index contributed by atoms with van der Waals surface area (Å²) in [6.45, 7) is 4.43. The van der Waals surface area contributed by atoms with Gasteiger partial charge in [0, 0.05) is 14.8 Å². The fraction of sp³-hybridized carbons (Fsp3) is 1.00. The number of hydrogen-bond donors (Lipinski definition) is 0. The Bertz CT molecular complexity index is 65.9. The molecule has 0 aliphatic carbocycles. The van der Waals surface area contributed by atoms with Gasteiger partial charge < -0.3 is 0 Å². The molecule has 0 rings (SSSR count). The maximum atomic E-state index is 5.25. The average Bonchev–Trinajstić information content (AvgIpc) is 1.89. The molecule has 1 atom stereocenters. The lowest BCUT2D eigenvalue weighted by Gasteiger charge is -2.07. The highest BCUT2D eigenvalue weighted by Gasteiger charge is 1.99. The molecule has 0 saturated heterocycles. The summed E-state index contributed by atoms with van der Waals surface area (Å²) < 4.78 is 0. The summed E-state index contributed by atoms with van der Waals surface area (Å²) in [6, 6.07) is 0. The van der Waals surface area contributed by atoms with Crippen LogP contribution in [-0.2, 0) is 0 Å². The zero-order valence-corrected chi connectivity index (χ0v) is 7.14. The molecule has 10 heavy (non-hydrogen) atoms. The topological polar surface area (TPSA) is 0 Å². The lowest BCUT2D eigenvalue weighted by Crippen LogP contribution is -2.08. The highest BCUT2D eigenvalue weighted by molar-refractivity contribution is 7.24. The van der Waals surface area contributed by atoms with Crippen molar-refractivity contribution in [1.29, 1.82) is 0 Å². The molecular formula is C7H15B3. The quantitative estimate of drug-likeness (QED) is 0.381. The highest BCUT2D eigenvalue weighted by Crippen LogP contribution is 2.12. The Balaban J connectivity index is 2.97. The summed E-state index contributed by atoms with van der Waals surface area (Å²) in [6.07, 6.45) is 5.27. The molecule has 0 bridgehead atoms. The average molecular weight is 132 g/mol. The van der Waals surface area contributed by atoms with Crippen LogP contribution in [0.3, 0.4) is 0 Å². The Kier molecular flexibility index (Phi) is 7.45. The Hall–Kier alpha value is 0.195. The van der Waals surface area contributed by atoms with Crippen molar-refractivity contribution in [3.8, 4) is 0 Å². The van der Waals surface area contributed by atoms with E-state index >= 15 is 0 Å². The van der Waals surface area contributed by atoms with Gasteiger partial charge in [0.15, 0.2) is 0 Å². The molecule has 4 radical (unpaired) electrons. The zero-order chi connectivity index (χ0) is 7.82. The van der Waals surface area contributed by atoms with Gasteiger partial charge in [-0.25, -0.2) is 0 Å². The second kappa shape index (κ2) is 7.30. The first-order chi connectivity index (χ1) is 4.81. The minimum Gasteiger partial charge on any atom is -0.0810 e. The predicted octanol–water partition coefficient (Wildman–Crippen LogP) is 1.78. The molecule has 0 spiro atoms. The van der Waals surface area contributed by atoms with Crippen molar-refractivity contribution < 1.29 is 0 Å². The lowest BCUT2D eigenvalue weighted by molar-refractivity contribution is 0.654. The molecule has 0 aromatic heterocycles. The number of unbranched alkanes of at least 4 members (excludes halogenated alkanes) is 2. The smallest absolute Gasteiger partial charge is 0.0583 e. The normalized spacial score (nSPS) is 12.6. The van der Waals surface area contributed by atoms with E-state index in [1.54, 1.807) is 7.06 Å². The van der Waals surface area contributed by atoms with Gasteiger partial charge in [0.05, 0.1) is 7.17 Å². The predicted molar refractivity (Wildman–Crippen MR) is 50.8 cm³/mol. The maximum absolute atomic E-state index is 5.25. The van der Waals surface area contributed by atoms with Crippen molar-refractivity contribution in [2.24, 2.45) is 0 Å². The molecule has 0 aliphatic rings. The van der Waals surface area contributed by atoms with Crippen LogP contribution < -0.4 is 0 Å². The van der Waals surface area contributed by atoms with Crippen molar-refractivity contribution in [1.82, 2.24) is 0 Å². The molecule has 0 fully saturated rings. The van der Waals surface area contributed by atoms with E-state index in [1.165, 1.54) is 25.7 Å². The van der Waals surface area contributed by atoms with E-state index in [9.17, 15) is 0 Å². The Morgan fingerprint density at radius 3 is 2.60 bits per heavy atom. The van der Waals surface area contributed by atoms with E-state index in [2.05, 4.69) is 21.0 Å². The molecule has 52 valence electrons. The summed E-state index contributed by atoms with van der Waals surface area (Å²) in [7, 11) is 8.97. The van der Waals surface area contributed by atoms with Crippen molar-refractivity contribution >= 4 is 22.0 Å².